The van der Waals surface area contributed by atoms with Gasteiger partial charge in [0, 0.05) is 30.5 Å². The molecule has 6 atom stereocenters. The molecule has 2 heterocycles. The number of amides is 3. The lowest BCUT2D eigenvalue weighted by molar-refractivity contribution is -0.585. The summed E-state index contributed by atoms with van der Waals surface area (Å²) in [5, 5.41) is 158. The summed E-state index contributed by atoms with van der Waals surface area (Å²) < 4.78 is 99.1. The van der Waals surface area contributed by atoms with Crippen LogP contribution >= 0.6 is 0 Å². The second-order valence-corrected chi connectivity index (χ2v) is 15.3. The number of allylic oxidation sites excluding steroid dienone is 2. The van der Waals surface area contributed by atoms with Crippen molar-refractivity contribution < 1.29 is 112 Å². The van der Waals surface area contributed by atoms with Gasteiger partial charge < -0.3 is 71.5 Å². The summed E-state index contributed by atoms with van der Waals surface area (Å²) in [6.45, 7) is 2.47. The zero-order valence-electron chi connectivity index (χ0n) is 30.8. The molecular weight excluding hydrogens is 829 g/mol. The lowest BCUT2D eigenvalue weighted by atomic mass is 9.76. The van der Waals surface area contributed by atoms with Crippen molar-refractivity contribution in [3.05, 3.63) is 57.9 Å². The van der Waals surface area contributed by atoms with Gasteiger partial charge in [0.15, 0.2) is 5.72 Å². The van der Waals surface area contributed by atoms with E-state index in [2.05, 4.69) is 0 Å². The van der Waals surface area contributed by atoms with E-state index in [0.29, 0.717) is 39.1 Å². The zero-order chi connectivity index (χ0) is 45.8. The molecule has 20 nitrogen and oxygen atoms in total. The van der Waals surface area contributed by atoms with Gasteiger partial charge in [-0.05, 0) is 55.2 Å². The van der Waals surface area contributed by atoms with Crippen molar-refractivity contribution in [3.63, 3.8) is 0 Å². The van der Waals surface area contributed by atoms with Crippen LogP contribution in [0.25, 0.3) is 0 Å². The van der Waals surface area contributed by atoms with Gasteiger partial charge in [-0.3, -0.25) is 19.5 Å². The van der Waals surface area contributed by atoms with Crippen molar-refractivity contribution in [1.29, 1.82) is 0 Å². The number of urea groups is 1. The highest BCUT2D eigenvalue weighted by Gasteiger charge is 2.83. The number of hydrogen-bond donors (Lipinski definition) is 14. The molecule has 0 radical (unpaired) electrons. The summed E-state index contributed by atoms with van der Waals surface area (Å²) in [4.78, 5) is 23.4. The molecule has 0 bridgehead atoms. The first kappa shape index (κ1) is 46.4. The summed E-state index contributed by atoms with van der Waals surface area (Å²) in [7, 11) is 0.389. The third-order valence-corrected chi connectivity index (χ3v) is 11.4. The summed E-state index contributed by atoms with van der Waals surface area (Å²) in [6.07, 6.45) is -15.4. The van der Waals surface area contributed by atoms with E-state index < -0.39 is 150 Å². The number of hydrogen-bond acceptors (Lipinski definition) is 17. The Hall–Kier alpha value is -3.65. The molecule has 3 amide bonds. The van der Waals surface area contributed by atoms with E-state index in [9.17, 15) is 112 Å². The molecule has 59 heavy (non-hydrogen) atoms. The molecule has 0 spiro atoms. The largest absolute Gasteiger partial charge is 0.412 e. The third kappa shape index (κ3) is 6.25. The second kappa shape index (κ2) is 12.9. The standard InChI is InChI=1S/C32H39F7N4O16/c1-11-8-14(33)6-7-15(11)19-25(48,49)20(43-29(52,53)21(45)41(12(2)44)31(56,57)32(43,58)59)26(50,51)30(54,55)42(19)22(46)40(5)24(4,47)16-9-13(27(34,35)36)10-23(3)17(16)18(23)28(37,38)39/h6-9,18-21,45,47-59H,10H2,1-5H3. The van der Waals surface area contributed by atoms with E-state index in [1.165, 1.54) is 0 Å². The summed E-state index contributed by atoms with van der Waals surface area (Å²) in [6, 6.07) is -8.31. The van der Waals surface area contributed by atoms with Gasteiger partial charge in [0.25, 0.3) is 11.7 Å². The average molecular weight is 869 g/mol. The maximum atomic E-state index is 14.5. The molecule has 3 fully saturated rings. The fourth-order valence-corrected chi connectivity index (χ4v) is 8.36. The Morgan fingerprint density at radius 1 is 0.864 bits per heavy atom. The Balaban J connectivity index is 1.78. The molecule has 6 unspecified atom stereocenters. The topological polar surface area (TPSA) is 330 Å². The highest BCUT2D eigenvalue weighted by atomic mass is 19.4. The predicted molar refractivity (Wildman–Crippen MR) is 170 cm³/mol. The number of likely N-dealkylation sites (tertiary alicyclic amines) is 1. The number of aliphatic hydroxyl groups excluding tert-OH is 1. The summed E-state index contributed by atoms with van der Waals surface area (Å²) in [5.74, 6) is -35.4. The first-order valence-corrected chi connectivity index (χ1v) is 16.7. The maximum Gasteiger partial charge on any atom is 0.412 e. The van der Waals surface area contributed by atoms with Crippen LogP contribution in [-0.4, -0.2) is 176 Å². The zero-order valence-corrected chi connectivity index (χ0v) is 30.8. The Morgan fingerprint density at radius 3 is 1.85 bits per heavy atom. The van der Waals surface area contributed by atoms with Crippen LogP contribution in [-0.2, 0) is 4.79 Å². The molecule has 14 N–H and O–H groups in total. The van der Waals surface area contributed by atoms with Crippen molar-refractivity contribution in [2.24, 2.45) is 11.3 Å². The van der Waals surface area contributed by atoms with Crippen molar-refractivity contribution >= 4 is 11.9 Å². The number of benzene rings is 1. The lowest BCUT2D eigenvalue weighted by Crippen LogP contribution is -2.94. The molecule has 2 aliphatic carbocycles. The number of piperazine rings is 1. The number of fused-ring (bicyclic) bond motifs is 1. The van der Waals surface area contributed by atoms with Crippen LogP contribution in [0.15, 0.2) is 41.0 Å². The lowest BCUT2D eigenvalue weighted by Gasteiger charge is -2.66. The number of nitrogens with zero attached hydrogens (tertiary/aromatic N) is 4. The van der Waals surface area contributed by atoms with E-state index >= 15 is 0 Å². The molecule has 1 saturated carbocycles. The minimum absolute atomic E-state index is 0.0720. The number of piperidine rings is 1. The predicted octanol–water partition coefficient (Wildman–Crippen LogP) is -3.59. The molecule has 27 heteroatoms. The minimum atomic E-state index is -5.33. The van der Waals surface area contributed by atoms with Crippen molar-refractivity contribution in [2.45, 2.75) is 106 Å². The van der Waals surface area contributed by atoms with Gasteiger partial charge in [-0.2, -0.15) is 31.2 Å². The SMILES string of the molecule is CC(=O)N1C(O)C(O)(O)N(C2C(O)(O)C(c3ccc(F)cc3C)N(C(=O)N(C)C(C)(O)C3=C4C(C(F)(F)F)C4(C)CC(C(F)(F)F)=C3)C(O)(O)C2(O)O)C(O)(O)C1(O)O. The van der Waals surface area contributed by atoms with Gasteiger partial charge in [0.2, 0.25) is 17.9 Å². The normalized spacial score (nSPS) is 31.9. The Labute approximate surface area is 325 Å². The van der Waals surface area contributed by atoms with Crippen LogP contribution in [0, 0.1) is 24.1 Å². The van der Waals surface area contributed by atoms with Gasteiger partial charge in [0.1, 0.15) is 17.9 Å². The average Bonchev–Trinajstić information content (AvgIpc) is 3.69. The monoisotopic (exact) mass is 868 g/mol. The number of carbonyl (C=O) groups excluding carboxylic acids is 2. The number of rotatable bonds is 4. The van der Waals surface area contributed by atoms with Crippen molar-refractivity contribution in [2.75, 3.05) is 7.05 Å². The van der Waals surface area contributed by atoms with E-state index in [4.69, 9.17) is 0 Å². The number of carbonyl (C=O) groups is 2. The first-order chi connectivity index (χ1) is 26.1. The number of aliphatic hydroxyl groups is 14. The number of aryl methyl sites for hydroxylation is 1. The van der Waals surface area contributed by atoms with Gasteiger partial charge in [-0.15, -0.1) is 0 Å². The smallest absolute Gasteiger partial charge is 0.367 e. The fourth-order valence-electron chi connectivity index (χ4n) is 8.36. The summed E-state index contributed by atoms with van der Waals surface area (Å²) in [5.41, 5.74) is -11.1. The Bertz CT molecular complexity index is 2020. The molecule has 5 rings (SSSR count). The fraction of sp³-hybridized carbons (Fsp3) is 0.625. The third-order valence-electron chi connectivity index (χ3n) is 11.4. The molecular formula is C32H39F7N4O16. The number of alkyl halides is 6. The van der Waals surface area contributed by atoms with Crippen LogP contribution in [0.5, 0.6) is 0 Å². The van der Waals surface area contributed by atoms with Gasteiger partial charge in [-0.25, -0.2) is 9.18 Å². The highest BCUT2D eigenvalue weighted by molar-refractivity contribution is 5.78. The van der Waals surface area contributed by atoms with Crippen LogP contribution in [0.3, 0.4) is 0 Å². The molecule has 0 aromatic heterocycles. The molecule has 2 aliphatic heterocycles. The Kier molecular flexibility index (Phi) is 10.2. The van der Waals surface area contributed by atoms with Crippen LogP contribution in [0.2, 0.25) is 0 Å². The quantitative estimate of drug-likeness (QED) is 0.103. The van der Waals surface area contributed by atoms with Gasteiger partial charge in [0.05, 0.1) is 5.92 Å². The molecule has 2 saturated heterocycles. The molecule has 332 valence electrons. The molecule has 4 aliphatic rings. The van der Waals surface area contributed by atoms with Crippen molar-refractivity contribution in [3.8, 4) is 0 Å². The first-order valence-electron chi connectivity index (χ1n) is 16.7. The van der Waals surface area contributed by atoms with E-state index in [0.717, 1.165) is 13.8 Å². The van der Waals surface area contributed by atoms with Crippen LogP contribution in [0.4, 0.5) is 35.5 Å². The number of halogens is 7. The van der Waals surface area contributed by atoms with E-state index in [1.54, 1.807) is 0 Å². The second-order valence-electron chi connectivity index (χ2n) is 15.3. The maximum absolute atomic E-state index is 14.5. The van der Waals surface area contributed by atoms with Crippen LogP contribution in [0.1, 0.15) is 44.4 Å². The summed E-state index contributed by atoms with van der Waals surface area (Å²) >= 11 is 0. The van der Waals surface area contributed by atoms with E-state index in [1.807, 2.05) is 0 Å². The van der Waals surface area contributed by atoms with Crippen molar-refractivity contribution in [1.82, 2.24) is 19.6 Å². The highest BCUT2D eigenvalue weighted by Crippen LogP contribution is 2.72. The van der Waals surface area contributed by atoms with E-state index in [-0.39, 0.29) is 11.0 Å². The minimum Gasteiger partial charge on any atom is -0.367 e. The van der Waals surface area contributed by atoms with Gasteiger partial charge >= 0.3 is 36.1 Å². The number of likely N-dealkylation sites (N-methyl/N-ethyl adjacent to an activating group) is 1. The molecule has 1 aromatic carbocycles. The molecule has 1 aromatic rings. The van der Waals surface area contributed by atoms with Crippen LogP contribution < -0.4 is 0 Å². The Morgan fingerprint density at radius 2 is 1.39 bits per heavy atom. The van der Waals surface area contributed by atoms with Gasteiger partial charge in [-0.1, -0.05) is 13.0 Å².